The number of hydrogen-bond acceptors (Lipinski definition) is 8. The molecule has 0 unspecified atom stereocenters. The van der Waals surface area contributed by atoms with Crippen molar-refractivity contribution in [3.63, 3.8) is 0 Å². The number of ether oxygens (including phenoxy) is 1. The lowest BCUT2D eigenvalue weighted by Gasteiger charge is -2.35. The zero-order chi connectivity index (χ0) is 26.5. The van der Waals surface area contributed by atoms with Crippen molar-refractivity contribution in [2.45, 2.75) is 23.6 Å². The van der Waals surface area contributed by atoms with Gasteiger partial charge in [-0.1, -0.05) is 42.1 Å². The van der Waals surface area contributed by atoms with Gasteiger partial charge >= 0.3 is 6.18 Å². The highest BCUT2D eigenvalue weighted by Gasteiger charge is 2.34. The zero-order valence-electron chi connectivity index (χ0n) is 20.7. The Bertz CT molecular complexity index is 1230. The van der Waals surface area contributed by atoms with E-state index in [1.165, 1.54) is 5.56 Å². The van der Waals surface area contributed by atoms with E-state index in [4.69, 9.17) is 9.15 Å². The third-order valence-electron chi connectivity index (χ3n) is 6.44. The summed E-state index contributed by atoms with van der Waals surface area (Å²) in [6, 6.07) is 14.4. The molecule has 0 bridgehead atoms. The Hall–Kier alpha value is -3.09. The van der Waals surface area contributed by atoms with Crippen LogP contribution in [0.5, 0.6) is 0 Å². The van der Waals surface area contributed by atoms with Crippen LogP contribution in [0.4, 0.5) is 19.0 Å². The Morgan fingerprint density at radius 2 is 1.68 bits per heavy atom. The summed E-state index contributed by atoms with van der Waals surface area (Å²) >= 11 is 1.05. The Labute approximate surface area is 222 Å². The number of carbonyl (C=O) groups excluding carboxylic acids is 1. The Kier molecular flexibility index (Phi) is 8.20. The first-order chi connectivity index (χ1) is 18.3. The number of alkyl halides is 3. The summed E-state index contributed by atoms with van der Waals surface area (Å²) in [4.78, 5) is 26.6. The van der Waals surface area contributed by atoms with E-state index in [2.05, 4.69) is 27.0 Å². The molecule has 202 valence electrons. The number of rotatable bonds is 7. The normalized spacial score (nSPS) is 17.1. The summed E-state index contributed by atoms with van der Waals surface area (Å²) < 4.78 is 51.9. The minimum atomic E-state index is -4.59. The minimum Gasteiger partial charge on any atom is -0.455 e. The van der Waals surface area contributed by atoms with E-state index >= 15 is 0 Å². The average molecular weight is 548 g/mol. The minimum absolute atomic E-state index is 0.0130. The van der Waals surface area contributed by atoms with Gasteiger partial charge in [-0.2, -0.15) is 13.2 Å². The lowest BCUT2D eigenvalue weighted by Crippen LogP contribution is -2.46. The van der Waals surface area contributed by atoms with Crippen LogP contribution in [0.3, 0.4) is 0 Å². The van der Waals surface area contributed by atoms with E-state index in [-0.39, 0.29) is 28.4 Å². The molecule has 0 saturated carbocycles. The number of aromatic nitrogens is 2. The zero-order valence-corrected chi connectivity index (χ0v) is 21.5. The van der Waals surface area contributed by atoms with Crippen LogP contribution in [0.2, 0.25) is 0 Å². The van der Waals surface area contributed by atoms with E-state index in [1.807, 2.05) is 23.1 Å². The van der Waals surface area contributed by atoms with Crippen molar-refractivity contribution in [3.8, 4) is 0 Å². The number of morpholine rings is 1. The van der Waals surface area contributed by atoms with Crippen molar-refractivity contribution < 1.29 is 27.1 Å². The second kappa shape index (κ2) is 11.7. The highest BCUT2D eigenvalue weighted by Crippen LogP contribution is 2.32. The van der Waals surface area contributed by atoms with Crippen LogP contribution in [0, 0.1) is 0 Å². The number of furan rings is 1. The fraction of sp³-hybridized carbons (Fsp3) is 0.423. The lowest BCUT2D eigenvalue weighted by atomic mass is 10.2. The van der Waals surface area contributed by atoms with Gasteiger partial charge in [0.2, 0.25) is 0 Å². The number of benzene rings is 1. The smallest absolute Gasteiger partial charge is 0.433 e. The van der Waals surface area contributed by atoms with Gasteiger partial charge < -0.3 is 19.0 Å². The number of anilines is 1. The molecule has 2 aromatic heterocycles. The van der Waals surface area contributed by atoms with Gasteiger partial charge in [-0.15, -0.1) is 0 Å². The standard InChI is InChI=1S/C26H28F3N5O3S/c27-26(28,29)22-16-23(33-10-8-32(9-11-33)17-19-4-2-1-3-5-19)31-25(30-22)38-18-20-6-7-21(37-20)24(35)34-12-14-36-15-13-34/h1-7,16H,8-15,17-18H2. The van der Waals surface area contributed by atoms with Crippen molar-refractivity contribution in [2.75, 3.05) is 57.4 Å². The highest BCUT2D eigenvalue weighted by atomic mass is 32.2. The van der Waals surface area contributed by atoms with Crippen molar-refractivity contribution in [3.05, 3.63) is 71.3 Å². The molecule has 5 rings (SSSR count). The topological polar surface area (TPSA) is 74.9 Å². The molecular formula is C26H28F3N5O3S. The molecule has 4 heterocycles. The number of amides is 1. The monoisotopic (exact) mass is 547 g/mol. The second-order valence-corrected chi connectivity index (χ2v) is 10.0. The van der Waals surface area contributed by atoms with Gasteiger partial charge in [-0.3, -0.25) is 9.69 Å². The maximum absolute atomic E-state index is 13.7. The molecule has 2 aliphatic rings. The summed E-state index contributed by atoms with van der Waals surface area (Å²) in [5.74, 6) is 0.887. The number of thioether (sulfide) groups is 1. The maximum Gasteiger partial charge on any atom is 0.433 e. The Morgan fingerprint density at radius 1 is 0.947 bits per heavy atom. The molecule has 12 heteroatoms. The molecule has 1 aromatic carbocycles. The van der Waals surface area contributed by atoms with Crippen molar-refractivity contribution in [1.29, 1.82) is 0 Å². The molecule has 8 nitrogen and oxygen atoms in total. The van der Waals surface area contributed by atoms with E-state index in [1.54, 1.807) is 17.0 Å². The fourth-order valence-electron chi connectivity index (χ4n) is 4.39. The maximum atomic E-state index is 13.7. The first-order valence-corrected chi connectivity index (χ1v) is 13.4. The van der Waals surface area contributed by atoms with Crippen LogP contribution in [0.25, 0.3) is 0 Å². The number of carbonyl (C=O) groups is 1. The van der Waals surface area contributed by atoms with Crippen LogP contribution in [0.15, 0.2) is 58.1 Å². The van der Waals surface area contributed by atoms with Crippen molar-refractivity contribution in [2.24, 2.45) is 0 Å². The molecule has 2 aliphatic heterocycles. The van der Waals surface area contributed by atoms with Crippen LogP contribution < -0.4 is 4.90 Å². The van der Waals surface area contributed by atoms with Gasteiger partial charge in [-0.05, 0) is 17.7 Å². The van der Waals surface area contributed by atoms with Crippen molar-refractivity contribution in [1.82, 2.24) is 19.8 Å². The summed E-state index contributed by atoms with van der Waals surface area (Å²) in [6.45, 7) is 5.30. The molecule has 1 amide bonds. The molecule has 0 N–H and O–H groups in total. The van der Waals surface area contributed by atoms with Gasteiger partial charge in [0.1, 0.15) is 11.6 Å². The second-order valence-electron chi connectivity index (χ2n) is 9.10. The highest BCUT2D eigenvalue weighted by molar-refractivity contribution is 7.98. The summed E-state index contributed by atoms with van der Waals surface area (Å²) in [7, 11) is 0. The molecular weight excluding hydrogens is 519 g/mol. The van der Waals surface area contributed by atoms with E-state index in [0.29, 0.717) is 45.2 Å². The van der Waals surface area contributed by atoms with Crippen molar-refractivity contribution >= 4 is 23.5 Å². The van der Waals surface area contributed by atoms with E-state index < -0.39 is 11.9 Å². The largest absolute Gasteiger partial charge is 0.455 e. The third-order valence-corrected chi connectivity index (χ3v) is 7.31. The number of halogens is 3. The average Bonchev–Trinajstić information content (AvgIpc) is 3.41. The SMILES string of the molecule is O=C(c1ccc(CSc2nc(N3CCN(Cc4ccccc4)CC3)cc(C(F)(F)F)n2)o1)N1CCOCC1. The summed E-state index contributed by atoms with van der Waals surface area (Å²) in [5.41, 5.74) is 0.230. The number of nitrogens with zero attached hydrogens (tertiary/aromatic N) is 5. The summed E-state index contributed by atoms with van der Waals surface area (Å²) in [6.07, 6.45) is -4.59. The molecule has 0 aliphatic carbocycles. The molecule has 2 fully saturated rings. The van der Waals surface area contributed by atoms with Crippen LogP contribution in [-0.2, 0) is 23.2 Å². The summed E-state index contributed by atoms with van der Waals surface area (Å²) in [5, 5.41) is 0.0130. The Balaban J connectivity index is 1.23. The predicted molar refractivity (Wildman–Crippen MR) is 136 cm³/mol. The number of hydrogen-bond donors (Lipinski definition) is 0. The first kappa shape index (κ1) is 26.5. The van der Waals surface area contributed by atoms with Gasteiger partial charge in [-0.25, -0.2) is 9.97 Å². The van der Waals surface area contributed by atoms with Gasteiger partial charge in [0, 0.05) is 51.9 Å². The predicted octanol–water partition coefficient (Wildman–Crippen LogP) is 4.18. The van der Waals surface area contributed by atoms with E-state index in [9.17, 15) is 18.0 Å². The van der Waals surface area contributed by atoms with E-state index in [0.717, 1.165) is 37.5 Å². The lowest BCUT2D eigenvalue weighted by molar-refractivity contribution is -0.141. The fourth-order valence-corrected chi connectivity index (χ4v) is 5.14. The van der Waals surface area contributed by atoms with Gasteiger partial charge in [0.05, 0.1) is 19.0 Å². The van der Waals surface area contributed by atoms with Gasteiger partial charge in [0.15, 0.2) is 16.6 Å². The number of piperazine rings is 1. The third kappa shape index (κ3) is 6.66. The quantitative estimate of drug-likeness (QED) is 0.322. The molecule has 0 spiro atoms. The van der Waals surface area contributed by atoms with Crippen LogP contribution in [0.1, 0.15) is 27.6 Å². The molecule has 2 saturated heterocycles. The Morgan fingerprint density at radius 3 is 2.39 bits per heavy atom. The molecule has 0 radical (unpaired) electrons. The first-order valence-electron chi connectivity index (χ1n) is 12.4. The molecule has 38 heavy (non-hydrogen) atoms. The molecule has 0 atom stereocenters. The van der Waals surface area contributed by atoms with Crippen LogP contribution >= 0.6 is 11.8 Å². The van der Waals surface area contributed by atoms with Gasteiger partial charge in [0.25, 0.3) is 5.91 Å². The molecule has 3 aromatic rings. The van der Waals surface area contributed by atoms with Crippen LogP contribution in [-0.4, -0.2) is 78.2 Å².